The van der Waals surface area contributed by atoms with Crippen molar-refractivity contribution in [1.82, 2.24) is 4.98 Å². The Morgan fingerprint density at radius 2 is 1.91 bits per heavy atom. The third-order valence-electron chi connectivity index (χ3n) is 4.99. The number of hydrogen-bond donors (Lipinski definition) is 1. The van der Waals surface area contributed by atoms with Gasteiger partial charge in [0.2, 0.25) is 5.89 Å². The summed E-state index contributed by atoms with van der Waals surface area (Å²) < 4.78 is 11.6. The fourth-order valence-corrected chi connectivity index (χ4v) is 3.68. The second-order valence-electron chi connectivity index (χ2n) is 7.86. The number of hydrogen-bond acceptors (Lipinski definition) is 4. The highest BCUT2D eigenvalue weighted by molar-refractivity contribution is 6.34. The molecule has 3 aromatic carbocycles. The van der Waals surface area contributed by atoms with E-state index in [0.717, 1.165) is 11.1 Å². The molecule has 0 saturated heterocycles. The van der Waals surface area contributed by atoms with E-state index in [9.17, 15) is 4.79 Å². The van der Waals surface area contributed by atoms with E-state index in [1.807, 2.05) is 25.1 Å². The molecule has 1 aromatic heterocycles. The molecule has 0 aliphatic heterocycles. The zero-order chi connectivity index (χ0) is 22.8. The number of aryl methyl sites for hydroxylation is 1. The number of fused-ring (bicyclic) bond motifs is 1. The van der Waals surface area contributed by atoms with E-state index in [1.54, 1.807) is 36.4 Å². The van der Waals surface area contributed by atoms with Crippen LogP contribution in [0.5, 0.6) is 5.75 Å². The van der Waals surface area contributed by atoms with Gasteiger partial charge in [-0.25, -0.2) is 4.98 Å². The topological polar surface area (TPSA) is 64.4 Å². The number of carbonyl (C=O) groups is 1. The summed E-state index contributed by atoms with van der Waals surface area (Å²) >= 11 is 12.3. The summed E-state index contributed by atoms with van der Waals surface area (Å²) in [6.45, 7) is 6.03. The Hall–Kier alpha value is -3.02. The quantitative estimate of drug-likeness (QED) is 0.323. The third kappa shape index (κ3) is 4.90. The van der Waals surface area contributed by atoms with Crippen molar-refractivity contribution in [2.45, 2.75) is 26.7 Å². The lowest BCUT2D eigenvalue weighted by molar-refractivity contribution is -0.118. The third-order valence-corrected chi connectivity index (χ3v) is 5.55. The highest BCUT2D eigenvalue weighted by Gasteiger charge is 2.14. The van der Waals surface area contributed by atoms with E-state index >= 15 is 0 Å². The van der Waals surface area contributed by atoms with Crippen LogP contribution < -0.4 is 10.1 Å². The van der Waals surface area contributed by atoms with Crippen LogP contribution in [0.3, 0.4) is 0 Å². The number of carbonyl (C=O) groups excluding carboxylic acids is 1. The summed E-state index contributed by atoms with van der Waals surface area (Å²) in [5.74, 6) is 1.09. The molecule has 4 aromatic rings. The lowest BCUT2D eigenvalue weighted by Gasteiger charge is -2.15. The highest BCUT2D eigenvalue weighted by Crippen LogP contribution is 2.31. The molecule has 1 heterocycles. The molecule has 0 bridgehead atoms. The molecular weight excluding hydrogens is 447 g/mol. The van der Waals surface area contributed by atoms with E-state index in [2.05, 4.69) is 24.1 Å². The van der Waals surface area contributed by atoms with Gasteiger partial charge in [-0.3, -0.25) is 4.79 Å². The number of oxazole rings is 1. The normalized spacial score (nSPS) is 11.2. The van der Waals surface area contributed by atoms with E-state index < -0.39 is 0 Å². The second kappa shape index (κ2) is 9.23. The van der Waals surface area contributed by atoms with Gasteiger partial charge in [-0.2, -0.15) is 0 Å². The Morgan fingerprint density at radius 1 is 1.09 bits per heavy atom. The number of anilines is 1. The molecule has 1 N–H and O–H groups in total. The number of ether oxygens (including phenoxy) is 1. The van der Waals surface area contributed by atoms with Crippen LogP contribution in [0.25, 0.3) is 22.6 Å². The molecule has 0 aliphatic carbocycles. The summed E-state index contributed by atoms with van der Waals surface area (Å²) in [5.41, 5.74) is 4.53. The van der Waals surface area contributed by atoms with E-state index in [4.69, 9.17) is 32.4 Å². The average molecular weight is 469 g/mol. The lowest BCUT2D eigenvalue weighted by atomic mass is 10.0. The Kier molecular flexibility index (Phi) is 6.40. The van der Waals surface area contributed by atoms with Crippen LogP contribution >= 0.6 is 23.2 Å². The van der Waals surface area contributed by atoms with E-state index in [-0.39, 0.29) is 18.4 Å². The van der Waals surface area contributed by atoms with Crippen LogP contribution in [-0.4, -0.2) is 17.5 Å². The van der Waals surface area contributed by atoms with Crippen LogP contribution in [0, 0.1) is 6.92 Å². The SMILES string of the molecule is Cc1ccc(C(C)C)c(OCC(=O)Nc2cc(-c3nc4cc(Cl)ccc4o3)ccc2Cl)c1. The minimum Gasteiger partial charge on any atom is -0.483 e. The van der Waals surface area contributed by atoms with Gasteiger partial charge in [0.05, 0.1) is 10.7 Å². The van der Waals surface area contributed by atoms with Gasteiger partial charge in [-0.1, -0.05) is 49.2 Å². The van der Waals surface area contributed by atoms with Gasteiger partial charge in [0, 0.05) is 10.6 Å². The van der Waals surface area contributed by atoms with Crippen LogP contribution in [0.1, 0.15) is 30.9 Å². The first-order chi connectivity index (χ1) is 15.3. The summed E-state index contributed by atoms with van der Waals surface area (Å²) in [7, 11) is 0. The van der Waals surface area contributed by atoms with Crippen molar-refractivity contribution >= 4 is 45.9 Å². The number of rotatable bonds is 6. The number of nitrogens with zero attached hydrogens (tertiary/aromatic N) is 1. The molecule has 0 unspecified atom stereocenters. The van der Waals surface area contributed by atoms with Gasteiger partial charge in [0.1, 0.15) is 11.3 Å². The Balaban J connectivity index is 1.51. The summed E-state index contributed by atoms with van der Waals surface area (Å²) in [5, 5.41) is 3.79. The minimum absolute atomic E-state index is 0.134. The van der Waals surface area contributed by atoms with Gasteiger partial charge in [-0.05, 0) is 66.4 Å². The zero-order valence-electron chi connectivity index (χ0n) is 17.9. The maximum Gasteiger partial charge on any atom is 0.262 e. The molecule has 5 nitrogen and oxygen atoms in total. The molecule has 4 rings (SSSR count). The maximum atomic E-state index is 12.6. The molecule has 0 spiro atoms. The standard InChI is InChI=1S/C25H22Cl2N2O3/c1-14(2)18-7-4-15(3)10-23(18)31-13-24(30)28-20-11-16(5-8-19(20)27)25-29-21-12-17(26)6-9-22(21)32-25/h4-12,14H,13H2,1-3H3,(H,28,30). The number of aromatic nitrogens is 1. The van der Waals surface area contributed by atoms with Crippen molar-refractivity contribution in [2.75, 3.05) is 11.9 Å². The van der Waals surface area contributed by atoms with Crippen molar-refractivity contribution in [2.24, 2.45) is 0 Å². The molecule has 164 valence electrons. The predicted octanol–water partition coefficient (Wildman–Crippen LogP) is 7.25. The van der Waals surface area contributed by atoms with Gasteiger partial charge < -0.3 is 14.5 Å². The molecule has 32 heavy (non-hydrogen) atoms. The van der Waals surface area contributed by atoms with Gasteiger partial charge in [0.15, 0.2) is 12.2 Å². The number of benzene rings is 3. The van der Waals surface area contributed by atoms with Crippen LogP contribution in [0.4, 0.5) is 5.69 Å². The fourth-order valence-electron chi connectivity index (χ4n) is 3.35. The average Bonchev–Trinajstić information content (AvgIpc) is 3.17. The van der Waals surface area contributed by atoms with Crippen molar-refractivity contribution in [3.63, 3.8) is 0 Å². The van der Waals surface area contributed by atoms with Crippen molar-refractivity contribution < 1.29 is 13.9 Å². The van der Waals surface area contributed by atoms with Crippen LogP contribution in [-0.2, 0) is 4.79 Å². The molecule has 0 atom stereocenters. The first kappa shape index (κ1) is 22.2. The molecule has 0 fully saturated rings. The number of nitrogens with one attached hydrogen (secondary N) is 1. The number of amides is 1. The minimum atomic E-state index is -0.315. The van der Waals surface area contributed by atoms with Gasteiger partial charge in [-0.15, -0.1) is 0 Å². The first-order valence-corrected chi connectivity index (χ1v) is 10.9. The van der Waals surface area contributed by atoms with Gasteiger partial charge in [0.25, 0.3) is 5.91 Å². The van der Waals surface area contributed by atoms with E-state index in [1.165, 1.54) is 0 Å². The monoisotopic (exact) mass is 468 g/mol. The Morgan fingerprint density at radius 3 is 2.69 bits per heavy atom. The van der Waals surface area contributed by atoms with Crippen molar-refractivity contribution in [3.8, 4) is 17.2 Å². The molecular formula is C25H22Cl2N2O3. The molecule has 7 heteroatoms. The molecule has 0 saturated carbocycles. The lowest BCUT2D eigenvalue weighted by Crippen LogP contribution is -2.21. The molecule has 0 aliphatic rings. The summed E-state index contributed by atoms with van der Waals surface area (Å²) in [6.07, 6.45) is 0. The van der Waals surface area contributed by atoms with E-state index in [0.29, 0.717) is 44.0 Å². The highest BCUT2D eigenvalue weighted by atomic mass is 35.5. The largest absolute Gasteiger partial charge is 0.483 e. The number of halogens is 2. The molecule has 0 radical (unpaired) electrons. The van der Waals surface area contributed by atoms with Crippen LogP contribution in [0.2, 0.25) is 10.0 Å². The predicted molar refractivity (Wildman–Crippen MR) is 129 cm³/mol. The summed E-state index contributed by atoms with van der Waals surface area (Å²) in [4.78, 5) is 17.1. The Bertz CT molecular complexity index is 1300. The Labute approximate surface area is 196 Å². The maximum absolute atomic E-state index is 12.6. The van der Waals surface area contributed by atoms with Crippen molar-refractivity contribution in [1.29, 1.82) is 0 Å². The molecule has 1 amide bonds. The first-order valence-electron chi connectivity index (χ1n) is 10.2. The summed E-state index contributed by atoms with van der Waals surface area (Å²) in [6, 6.07) is 16.4. The fraction of sp³-hybridized carbons (Fsp3) is 0.200. The van der Waals surface area contributed by atoms with Crippen molar-refractivity contribution in [3.05, 3.63) is 75.8 Å². The smallest absolute Gasteiger partial charge is 0.262 e. The zero-order valence-corrected chi connectivity index (χ0v) is 19.4. The second-order valence-corrected chi connectivity index (χ2v) is 8.70. The van der Waals surface area contributed by atoms with Gasteiger partial charge >= 0.3 is 0 Å². The van der Waals surface area contributed by atoms with Crippen LogP contribution in [0.15, 0.2) is 59.0 Å².